The maximum Gasteiger partial charge on any atom is 0.230 e. The molecule has 1 saturated heterocycles. The van der Waals surface area contributed by atoms with E-state index in [1.165, 1.54) is 6.07 Å². The highest BCUT2D eigenvalue weighted by atomic mass is 79.9. The summed E-state index contributed by atoms with van der Waals surface area (Å²) in [6.45, 7) is 1.48. The maximum absolute atomic E-state index is 13.4. The summed E-state index contributed by atoms with van der Waals surface area (Å²) in [7, 11) is 0. The van der Waals surface area contributed by atoms with Crippen LogP contribution < -0.4 is 10.6 Å². The van der Waals surface area contributed by atoms with Gasteiger partial charge in [0.15, 0.2) is 5.69 Å². The van der Waals surface area contributed by atoms with Gasteiger partial charge in [-0.05, 0) is 58.2 Å². The van der Waals surface area contributed by atoms with Crippen molar-refractivity contribution in [2.45, 2.75) is 25.3 Å². The Morgan fingerprint density at radius 1 is 1.50 bits per heavy atom. The van der Waals surface area contributed by atoms with Crippen molar-refractivity contribution in [3.05, 3.63) is 44.7 Å². The number of piperidine rings is 1. The summed E-state index contributed by atoms with van der Waals surface area (Å²) >= 11 is 3.10. The highest BCUT2D eigenvalue weighted by Crippen LogP contribution is 2.28. The smallest absolute Gasteiger partial charge is 0.230 e. The van der Waals surface area contributed by atoms with E-state index < -0.39 is 11.9 Å². The van der Waals surface area contributed by atoms with E-state index in [2.05, 4.69) is 42.1 Å². The lowest BCUT2D eigenvalue weighted by Crippen LogP contribution is -2.37. The number of nitrogens with zero attached hydrogens (tertiary/aromatic N) is 3. The molecule has 10 heteroatoms. The molecule has 1 aliphatic rings. The molecule has 26 heavy (non-hydrogen) atoms. The van der Waals surface area contributed by atoms with E-state index in [1.54, 1.807) is 12.1 Å². The molecule has 0 saturated carbocycles. The van der Waals surface area contributed by atoms with Crippen LogP contribution in [0.25, 0.3) is 0 Å². The summed E-state index contributed by atoms with van der Waals surface area (Å²) in [5.74, 6) is -0.694. The van der Waals surface area contributed by atoms with Crippen LogP contribution in [0, 0.1) is 16.6 Å². The Bertz CT molecular complexity index is 794. The minimum atomic E-state index is -0.918. The van der Waals surface area contributed by atoms with Crippen LogP contribution in [0.3, 0.4) is 0 Å². The van der Waals surface area contributed by atoms with E-state index in [9.17, 15) is 14.1 Å². The van der Waals surface area contributed by atoms with Crippen molar-refractivity contribution in [2.24, 2.45) is 11.1 Å². The number of hydrogen-bond donors (Lipinski definition) is 2. The molecular weight excluding hydrogens is 409 g/mol. The third-order valence-corrected chi connectivity index (χ3v) is 4.89. The van der Waals surface area contributed by atoms with Crippen molar-refractivity contribution < 1.29 is 13.8 Å². The largest absolute Gasteiger partial charge is 0.316 e. The van der Waals surface area contributed by atoms with Gasteiger partial charge in [-0.15, -0.1) is 0 Å². The Morgan fingerprint density at radius 2 is 2.35 bits per heavy atom. The van der Waals surface area contributed by atoms with E-state index >= 15 is 0 Å². The van der Waals surface area contributed by atoms with E-state index in [-0.39, 0.29) is 34.2 Å². The van der Waals surface area contributed by atoms with Crippen LogP contribution in [0.4, 0.5) is 10.2 Å². The van der Waals surface area contributed by atoms with Crippen LogP contribution in [-0.4, -0.2) is 29.3 Å². The van der Waals surface area contributed by atoms with Crippen molar-refractivity contribution in [2.75, 3.05) is 18.4 Å². The normalized spacial score (nSPS) is 18.3. The highest BCUT2D eigenvalue weighted by molar-refractivity contribution is 9.10. The molecular formula is C16H17BrFN5O3. The average molecular weight is 426 g/mol. The van der Waals surface area contributed by atoms with Crippen LogP contribution in [0.2, 0.25) is 0 Å². The van der Waals surface area contributed by atoms with Crippen LogP contribution in [-0.2, 0) is 11.2 Å². The lowest BCUT2D eigenvalue weighted by Gasteiger charge is -2.21. The molecule has 3 rings (SSSR count). The minimum Gasteiger partial charge on any atom is -0.316 e. The lowest BCUT2D eigenvalue weighted by molar-refractivity contribution is -0.120. The Kier molecular flexibility index (Phi) is 6.04. The number of hydrogen-bond acceptors (Lipinski definition) is 7. The SMILES string of the molecule is O=NC(Cc1ccc(F)c(Br)c1)c1nonc1NC(=O)C1CCCNC1. The Balaban J connectivity index is 1.73. The Morgan fingerprint density at radius 3 is 3.04 bits per heavy atom. The molecule has 1 amide bonds. The summed E-state index contributed by atoms with van der Waals surface area (Å²) in [5.41, 5.74) is 0.831. The number of carbonyl (C=O) groups is 1. The van der Waals surface area contributed by atoms with Gasteiger partial charge in [0, 0.05) is 13.0 Å². The van der Waals surface area contributed by atoms with Crippen molar-refractivity contribution in [3.8, 4) is 0 Å². The third-order valence-electron chi connectivity index (χ3n) is 4.28. The van der Waals surface area contributed by atoms with Gasteiger partial charge in [-0.3, -0.25) is 4.79 Å². The zero-order valence-electron chi connectivity index (χ0n) is 13.7. The number of carbonyl (C=O) groups excluding carboxylic acids is 1. The molecule has 0 radical (unpaired) electrons. The first-order chi connectivity index (χ1) is 12.6. The maximum atomic E-state index is 13.4. The summed E-state index contributed by atoms with van der Waals surface area (Å²) in [6.07, 6.45) is 1.86. The molecule has 8 nitrogen and oxygen atoms in total. The first-order valence-electron chi connectivity index (χ1n) is 8.19. The number of aromatic nitrogens is 2. The quantitative estimate of drug-likeness (QED) is 0.688. The van der Waals surface area contributed by atoms with E-state index in [0.29, 0.717) is 12.1 Å². The van der Waals surface area contributed by atoms with Crippen LogP contribution in [0.5, 0.6) is 0 Å². The molecule has 1 fully saturated rings. The number of nitrogens with one attached hydrogen (secondary N) is 2. The highest BCUT2D eigenvalue weighted by Gasteiger charge is 2.27. The van der Waals surface area contributed by atoms with Gasteiger partial charge >= 0.3 is 0 Å². The fourth-order valence-electron chi connectivity index (χ4n) is 2.87. The fraction of sp³-hybridized carbons (Fsp3) is 0.438. The monoisotopic (exact) mass is 425 g/mol. The van der Waals surface area contributed by atoms with Gasteiger partial charge in [0.1, 0.15) is 11.9 Å². The van der Waals surface area contributed by atoms with Crippen molar-refractivity contribution in [1.82, 2.24) is 15.6 Å². The summed E-state index contributed by atoms with van der Waals surface area (Å²) in [5, 5.41) is 16.3. The number of benzene rings is 1. The molecule has 2 N–H and O–H groups in total. The van der Waals surface area contributed by atoms with Gasteiger partial charge < -0.3 is 10.6 Å². The lowest BCUT2D eigenvalue weighted by atomic mass is 9.98. The third kappa shape index (κ3) is 4.31. The van der Waals surface area contributed by atoms with Crippen LogP contribution >= 0.6 is 15.9 Å². The first-order valence-corrected chi connectivity index (χ1v) is 8.98. The van der Waals surface area contributed by atoms with Crippen molar-refractivity contribution >= 4 is 27.7 Å². The predicted octanol–water partition coefficient (Wildman–Crippen LogP) is 2.96. The number of nitroso groups, excluding NO2 is 1. The van der Waals surface area contributed by atoms with Gasteiger partial charge in [0.05, 0.1) is 10.4 Å². The number of halogens is 2. The van der Waals surface area contributed by atoms with E-state index in [1.807, 2.05) is 0 Å². The molecule has 0 spiro atoms. The molecule has 1 aromatic carbocycles. The Labute approximate surface area is 157 Å². The number of anilines is 1. The van der Waals surface area contributed by atoms with Gasteiger partial charge in [-0.25, -0.2) is 9.02 Å². The van der Waals surface area contributed by atoms with Crippen LogP contribution in [0.15, 0.2) is 32.5 Å². The number of amides is 1. The molecule has 0 aliphatic carbocycles. The molecule has 2 unspecified atom stereocenters. The average Bonchev–Trinajstić information content (AvgIpc) is 3.11. The second kappa shape index (κ2) is 8.45. The Hall–Kier alpha value is -2.20. The van der Waals surface area contributed by atoms with E-state index in [0.717, 1.165) is 19.4 Å². The molecule has 138 valence electrons. The van der Waals surface area contributed by atoms with Crippen molar-refractivity contribution in [1.29, 1.82) is 0 Å². The summed E-state index contributed by atoms with van der Waals surface area (Å²) < 4.78 is 18.3. The molecule has 2 heterocycles. The molecule has 1 aromatic heterocycles. The first kappa shape index (κ1) is 18.6. The second-order valence-electron chi connectivity index (χ2n) is 6.10. The molecule has 2 atom stereocenters. The fourth-order valence-corrected chi connectivity index (χ4v) is 3.30. The number of rotatable bonds is 6. The van der Waals surface area contributed by atoms with Gasteiger partial charge in [-0.1, -0.05) is 16.4 Å². The minimum absolute atomic E-state index is 0.0892. The van der Waals surface area contributed by atoms with Crippen molar-refractivity contribution in [3.63, 3.8) is 0 Å². The topological polar surface area (TPSA) is 109 Å². The predicted molar refractivity (Wildman–Crippen MR) is 94.9 cm³/mol. The van der Waals surface area contributed by atoms with E-state index in [4.69, 9.17) is 4.63 Å². The van der Waals surface area contributed by atoms with Gasteiger partial charge in [-0.2, -0.15) is 4.91 Å². The van der Waals surface area contributed by atoms with Gasteiger partial charge in [0.25, 0.3) is 0 Å². The second-order valence-corrected chi connectivity index (χ2v) is 6.96. The standard InChI is InChI=1S/C16H17BrFN5O3/c17-11-6-9(3-4-12(11)18)7-13(21-25)14-15(23-26-22-14)20-16(24)10-2-1-5-19-8-10/h3-4,6,10,13,19H,1-2,5,7-8H2,(H,20,23,24). The zero-order valence-corrected chi connectivity index (χ0v) is 15.3. The summed E-state index contributed by atoms with van der Waals surface area (Å²) in [6, 6.07) is 3.49. The van der Waals surface area contributed by atoms with Gasteiger partial charge in [0.2, 0.25) is 11.7 Å². The molecule has 0 bridgehead atoms. The molecule has 2 aromatic rings. The van der Waals surface area contributed by atoms with Crippen LogP contribution in [0.1, 0.15) is 30.1 Å². The molecule has 1 aliphatic heterocycles. The summed E-state index contributed by atoms with van der Waals surface area (Å²) in [4.78, 5) is 23.7. The zero-order chi connectivity index (χ0) is 18.5.